The molecule has 0 bridgehead atoms. The lowest BCUT2D eigenvalue weighted by Crippen LogP contribution is -2.30. The van der Waals surface area contributed by atoms with Crippen molar-refractivity contribution in [3.63, 3.8) is 0 Å². The third kappa shape index (κ3) is 3.96. The Morgan fingerprint density at radius 1 is 1.37 bits per heavy atom. The molecular weight excluding hydrogens is 314 g/mol. The van der Waals surface area contributed by atoms with E-state index in [1.807, 2.05) is 0 Å². The average Bonchev–Trinajstić information content (AvgIpc) is 2.39. The maximum absolute atomic E-state index is 12.0. The normalized spacial score (nSPS) is 11.6. The quantitative estimate of drug-likeness (QED) is 0.666. The van der Waals surface area contributed by atoms with Crippen molar-refractivity contribution in [1.29, 1.82) is 0 Å². The predicted molar refractivity (Wildman–Crippen MR) is 75.1 cm³/mol. The highest BCUT2D eigenvalue weighted by Crippen LogP contribution is 2.28. The Hall–Kier alpha value is -1.56. The van der Waals surface area contributed by atoms with Crippen LogP contribution in [0.1, 0.15) is 13.3 Å². The summed E-state index contributed by atoms with van der Waals surface area (Å²) in [6.45, 7) is 1.75. The molecule has 0 aromatic heterocycles. The summed E-state index contributed by atoms with van der Waals surface area (Å²) in [6, 6.07) is 5.23. The van der Waals surface area contributed by atoms with E-state index in [0.717, 1.165) is 4.47 Å². The molecule has 1 atom stereocenters. The number of methoxy groups -OCH3 is 2. The van der Waals surface area contributed by atoms with Crippen LogP contribution in [-0.2, 0) is 14.3 Å². The van der Waals surface area contributed by atoms with Crippen molar-refractivity contribution in [1.82, 2.24) is 0 Å². The highest BCUT2D eigenvalue weighted by Gasteiger charge is 2.26. The largest absolute Gasteiger partial charge is 0.495 e. The van der Waals surface area contributed by atoms with Crippen LogP contribution in [0.25, 0.3) is 0 Å². The molecule has 0 radical (unpaired) electrons. The molecule has 0 spiro atoms. The van der Waals surface area contributed by atoms with E-state index >= 15 is 0 Å². The van der Waals surface area contributed by atoms with Gasteiger partial charge in [0, 0.05) is 4.47 Å². The number of amides is 1. The first-order valence-corrected chi connectivity index (χ1v) is 6.55. The Balaban J connectivity index is 2.92. The maximum atomic E-state index is 12.0. The van der Waals surface area contributed by atoms with Crippen LogP contribution < -0.4 is 10.1 Å². The summed E-state index contributed by atoms with van der Waals surface area (Å²) in [6.07, 6.45) is 0.370. The molecule has 19 heavy (non-hydrogen) atoms. The molecule has 0 saturated carbocycles. The number of ether oxygens (including phenoxy) is 2. The van der Waals surface area contributed by atoms with Gasteiger partial charge >= 0.3 is 5.97 Å². The van der Waals surface area contributed by atoms with Crippen LogP contribution >= 0.6 is 15.9 Å². The summed E-state index contributed by atoms with van der Waals surface area (Å²) in [7, 11) is 2.77. The van der Waals surface area contributed by atoms with Gasteiger partial charge in [-0.15, -0.1) is 0 Å². The monoisotopic (exact) mass is 329 g/mol. The molecule has 0 heterocycles. The second kappa shape index (κ2) is 7.13. The van der Waals surface area contributed by atoms with E-state index in [0.29, 0.717) is 17.9 Å². The number of anilines is 1. The molecule has 1 rings (SSSR count). The molecule has 0 aliphatic heterocycles. The van der Waals surface area contributed by atoms with E-state index in [-0.39, 0.29) is 0 Å². The average molecular weight is 330 g/mol. The fourth-order valence-corrected chi connectivity index (χ4v) is 1.96. The number of hydrogen-bond acceptors (Lipinski definition) is 4. The van der Waals surface area contributed by atoms with Crippen molar-refractivity contribution >= 4 is 33.5 Å². The number of esters is 1. The number of carbonyl (C=O) groups is 2. The van der Waals surface area contributed by atoms with E-state index in [4.69, 9.17) is 4.74 Å². The summed E-state index contributed by atoms with van der Waals surface area (Å²) in [5.41, 5.74) is 0.504. The third-order valence-corrected chi connectivity index (χ3v) is 3.12. The van der Waals surface area contributed by atoms with Gasteiger partial charge in [-0.1, -0.05) is 22.9 Å². The fourth-order valence-electron chi connectivity index (χ4n) is 1.60. The van der Waals surface area contributed by atoms with E-state index < -0.39 is 17.8 Å². The molecule has 104 valence electrons. The number of halogens is 1. The van der Waals surface area contributed by atoms with Gasteiger partial charge in [-0.2, -0.15) is 0 Å². The van der Waals surface area contributed by atoms with Gasteiger partial charge in [-0.05, 0) is 24.6 Å². The standard InChI is InChI=1S/C13H16BrNO4/c1-4-9(13(17)19-3)12(16)15-10-7-8(14)5-6-11(10)18-2/h5-7,9H,4H2,1-3H3,(H,15,16). The van der Waals surface area contributed by atoms with Crippen LogP contribution in [0, 0.1) is 5.92 Å². The molecule has 1 aromatic carbocycles. The van der Waals surface area contributed by atoms with Crippen LogP contribution in [-0.4, -0.2) is 26.1 Å². The van der Waals surface area contributed by atoms with Gasteiger partial charge in [-0.3, -0.25) is 9.59 Å². The zero-order valence-electron chi connectivity index (χ0n) is 11.0. The van der Waals surface area contributed by atoms with Gasteiger partial charge in [0.25, 0.3) is 0 Å². The van der Waals surface area contributed by atoms with Crippen LogP contribution in [0.5, 0.6) is 5.75 Å². The lowest BCUT2D eigenvalue weighted by molar-refractivity contribution is -0.148. The molecule has 0 fully saturated rings. The first kappa shape index (κ1) is 15.5. The minimum Gasteiger partial charge on any atom is -0.495 e. The van der Waals surface area contributed by atoms with Crippen molar-refractivity contribution in [2.45, 2.75) is 13.3 Å². The summed E-state index contributed by atoms with van der Waals surface area (Å²) in [5, 5.41) is 2.67. The van der Waals surface area contributed by atoms with E-state index in [1.54, 1.807) is 25.1 Å². The molecule has 0 aliphatic rings. The molecule has 1 N–H and O–H groups in total. The van der Waals surface area contributed by atoms with Crippen molar-refractivity contribution in [3.8, 4) is 5.75 Å². The molecule has 0 aliphatic carbocycles. The van der Waals surface area contributed by atoms with Gasteiger partial charge in [0.2, 0.25) is 5.91 Å². The lowest BCUT2D eigenvalue weighted by atomic mass is 10.1. The molecule has 1 unspecified atom stereocenters. The van der Waals surface area contributed by atoms with Gasteiger partial charge in [-0.25, -0.2) is 0 Å². The zero-order chi connectivity index (χ0) is 14.4. The number of carbonyl (C=O) groups excluding carboxylic acids is 2. The topological polar surface area (TPSA) is 64.6 Å². The smallest absolute Gasteiger partial charge is 0.318 e. The van der Waals surface area contributed by atoms with Crippen molar-refractivity contribution in [3.05, 3.63) is 22.7 Å². The summed E-state index contributed by atoms with van der Waals surface area (Å²) in [5.74, 6) is -1.26. The zero-order valence-corrected chi connectivity index (χ0v) is 12.6. The number of benzene rings is 1. The highest BCUT2D eigenvalue weighted by atomic mass is 79.9. The number of nitrogens with one attached hydrogen (secondary N) is 1. The Bertz CT molecular complexity index is 476. The van der Waals surface area contributed by atoms with Gasteiger partial charge in [0.15, 0.2) is 0 Å². The summed E-state index contributed by atoms with van der Waals surface area (Å²) in [4.78, 5) is 23.5. The third-order valence-electron chi connectivity index (χ3n) is 2.63. The minimum absolute atomic E-state index is 0.370. The van der Waals surface area contributed by atoms with Crippen molar-refractivity contribution in [2.24, 2.45) is 5.92 Å². The van der Waals surface area contributed by atoms with Crippen molar-refractivity contribution in [2.75, 3.05) is 19.5 Å². The second-order valence-electron chi connectivity index (χ2n) is 3.82. The molecule has 0 saturated heterocycles. The maximum Gasteiger partial charge on any atom is 0.318 e. The highest BCUT2D eigenvalue weighted by molar-refractivity contribution is 9.10. The van der Waals surface area contributed by atoms with E-state index in [2.05, 4.69) is 26.0 Å². The van der Waals surface area contributed by atoms with E-state index in [9.17, 15) is 9.59 Å². The summed E-state index contributed by atoms with van der Waals surface area (Å²) < 4.78 is 10.6. The Morgan fingerprint density at radius 2 is 2.05 bits per heavy atom. The SMILES string of the molecule is CCC(C(=O)Nc1cc(Br)ccc1OC)C(=O)OC. The summed E-state index contributed by atoms with van der Waals surface area (Å²) >= 11 is 3.31. The van der Waals surface area contributed by atoms with Gasteiger partial charge in [0.1, 0.15) is 11.7 Å². The number of rotatable bonds is 5. The molecular formula is C13H16BrNO4. The lowest BCUT2D eigenvalue weighted by Gasteiger charge is -2.15. The molecule has 6 heteroatoms. The molecule has 1 amide bonds. The Kier molecular flexibility index (Phi) is 5.82. The van der Waals surface area contributed by atoms with E-state index in [1.165, 1.54) is 14.2 Å². The molecule has 5 nitrogen and oxygen atoms in total. The van der Waals surface area contributed by atoms with Crippen LogP contribution in [0.3, 0.4) is 0 Å². The van der Waals surface area contributed by atoms with Gasteiger partial charge < -0.3 is 14.8 Å². The fraction of sp³-hybridized carbons (Fsp3) is 0.385. The second-order valence-corrected chi connectivity index (χ2v) is 4.73. The first-order chi connectivity index (χ1) is 9.03. The molecule has 1 aromatic rings. The Morgan fingerprint density at radius 3 is 2.58 bits per heavy atom. The minimum atomic E-state index is -0.825. The van der Waals surface area contributed by atoms with Crippen LogP contribution in [0.2, 0.25) is 0 Å². The number of hydrogen-bond donors (Lipinski definition) is 1. The van der Waals surface area contributed by atoms with Crippen LogP contribution in [0.15, 0.2) is 22.7 Å². The predicted octanol–water partition coefficient (Wildman–Crippen LogP) is 2.60. The van der Waals surface area contributed by atoms with Crippen LogP contribution in [0.4, 0.5) is 5.69 Å². The Labute approximate surface area is 120 Å². The van der Waals surface area contributed by atoms with Crippen molar-refractivity contribution < 1.29 is 19.1 Å². The first-order valence-electron chi connectivity index (χ1n) is 5.75. The van der Waals surface area contributed by atoms with Gasteiger partial charge in [0.05, 0.1) is 19.9 Å².